The summed E-state index contributed by atoms with van der Waals surface area (Å²) in [5.74, 6) is -2.11. The molecule has 0 fully saturated rings. The van der Waals surface area contributed by atoms with E-state index in [-0.39, 0.29) is 0 Å². The Morgan fingerprint density at radius 2 is 1.73 bits per heavy atom. The highest BCUT2D eigenvalue weighted by molar-refractivity contribution is 5.88. The van der Waals surface area contributed by atoms with Gasteiger partial charge in [0, 0.05) is 24.0 Å². The summed E-state index contributed by atoms with van der Waals surface area (Å²) in [5, 5.41) is 16.8. The Hall–Kier alpha value is -2.30. The van der Waals surface area contributed by atoms with Crippen LogP contribution < -0.4 is 0 Å². The van der Waals surface area contributed by atoms with Gasteiger partial charge in [0.25, 0.3) is 0 Å². The van der Waals surface area contributed by atoms with Crippen molar-refractivity contribution in [3.8, 4) is 0 Å². The fraction of sp³-hybridized carbons (Fsp3) is 0. The summed E-state index contributed by atoms with van der Waals surface area (Å²) >= 11 is 0. The lowest BCUT2D eigenvalue weighted by atomic mass is 10.2. The lowest BCUT2D eigenvalue weighted by Crippen LogP contribution is -1.87. The minimum atomic E-state index is -1.06. The minimum Gasteiger partial charge on any atom is -0.478 e. The molecule has 3 N–H and O–H groups in total. The summed E-state index contributed by atoms with van der Waals surface area (Å²) in [6, 6.07) is 1.65. The molecule has 0 spiro atoms. The topological polar surface area (TPSA) is 90.4 Å². The Bertz CT molecular complexity index is 390. The number of aromatic nitrogens is 1. The zero-order valence-corrected chi connectivity index (χ0v) is 7.68. The van der Waals surface area contributed by atoms with Crippen LogP contribution in [0.3, 0.4) is 0 Å². The van der Waals surface area contributed by atoms with Gasteiger partial charge in [-0.25, -0.2) is 9.59 Å². The Labute approximate surface area is 85.4 Å². The molecule has 0 atom stereocenters. The molecule has 0 radical (unpaired) electrons. The van der Waals surface area contributed by atoms with Crippen molar-refractivity contribution in [2.45, 2.75) is 0 Å². The van der Waals surface area contributed by atoms with Crippen molar-refractivity contribution in [2.24, 2.45) is 0 Å². The van der Waals surface area contributed by atoms with Gasteiger partial charge in [-0.15, -0.1) is 0 Å². The van der Waals surface area contributed by atoms with E-state index in [4.69, 9.17) is 10.2 Å². The fourth-order valence-electron chi connectivity index (χ4n) is 1.000. The van der Waals surface area contributed by atoms with Gasteiger partial charge in [-0.05, 0) is 23.8 Å². The minimum absolute atomic E-state index is 0.551. The number of carbonyl (C=O) groups is 2. The fourth-order valence-corrected chi connectivity index (χ4v) is 1.000. The summed E-state index contributed by atoms with van der Waals surface area (Å²) in [5.41, 5.74) is 1.17. The van der Waals surface area contributed by atoms with Crippen LogP contribution >= 0.6 is 0 Å². The first-order valence-corrected chi connectivity index (χ1v) is 4.09. The molecule has 0 saturated carbocycles. The average Bonchev–Trinajstić information content (AvgIpc) is 2.58. The van der Waals surface area contributed by atoms with Crippen LogP contribution in [0.25, 0.3) is 12.2 Å². The van der Waals surface area contributed by atoms with E-state index >= 15 is 0 Å². The summed E-state index contributed by atoms with van der Waals surface area (Å²) in [6.45, 7) is 0. The zero-order chi connectivity index (χ0) is 11.3. The molecular weight excluding hydrogens is 198 g/mol. The van der Waals surface area contributed by atoms with Crippen LogP contribution in [-0.2, 0) is 9.59 Å². The summed E-state index contributed by atoms with van der Waals surface area (Å²) in [6.07, 6.45) is 6.32. The molecule has 0 bridgehead atoms. The standard InChI is InChI=1S/C10H9NO4/c12-9(13)3-1-7-5-6-11-8(7)2-4-10(14)15/h1-6,11H,(H,12,13)(H,14,15). The van der Waals surface area contributed by atoms with E-state index in [2.05, 4.69) is 4.98 Å². The van der Waals surface area contributed by atoms with Crippen LogP contribution in [0, 0.1) is 0 Å². The quantitative estimate of drug-likeness (QED) is 0.647. The Morgan fingerprint density at radius 1 is 1.13 bits per heavy atom. The number of H-pyrrole nitrogens is 1. The van der Waals surface area contributed by atoms with Gasteiger partial charge in [-0.1, -0.05) is 0 Å². The highest BCUT2D eigenvalue weighted by Crippen LogP contribution is 2.10. The Morgan fingerprint density at radius 3 is 2.33 bits per heavy atom. The summed E-state index contributed by atoms with van der Waals surface area (Å²) in [4.78, 5) is 23.3. The molecule has 5 nitrogen and oxygen atoms in total. The molecule has 5 heteroatoms. The van der Waals surface area contributed by atoms with E-state index in [1.165, 1.54) is 12.2 Å². The van der Waals surface area contributed by atoms with E-state index in [0.29, 0.717) is 11.3 Å². The number of rotatable bonds is 4. The molecule has 15 heavy (non-hydrogen) atoms. The maximum atomic E-state index is 10.3. The lowest BCUT2D eigenvalue weighted by Gasteiger charge is -1.90. The van der Waals surface area contributed by atoms with Gasteiger partial charge in [0.2, 0.25) is 0 Å². The van der Waals surface area contributed by atoms with Crippen LogP contribution in [0.5, 0.6) is 0 Å². The summed E-state index contributed by atoms with van der Waals surface area (Å²) < 4.78 is 0. The highest BCUT2D eigenvalue weighted by atomic mass is 16.4. The van der Waals surface area contributed by atoms with E-state index in [1.54, 1.807) is 12.3 Å². The molecule has 0 unspecified atom stereocenters. The number of aliphatic carboxylic acids is 2. The third-order valence-corrected chi connectivity index (χ3v) is 1.61. The maximum absolute atomic E-state index is 10.3. The molecule has 78 valence electrons. The second-order valence-electron chi connectivity index (χ2n) is 2.69. The second-order valence-corrected chi connectivity index (χ2v) is 2.69. The van der Waals surface area contributed by atoms with E-state index in [0.717, 1.165) is 12.2 Å². The van der Waals surface area contributed by atoms with Crippen LogP contribution in [0.4, 0.5) is 0 Å². The molecule has 1 aromatic heterocycles. The third-order valence-electron chi connectivity index (χ3n) is 1.61. The number of carboxylic acid groups (broad SMARTS) is 2. The highest BCUT2D eigenvalue weighted by Gasteiger charge is 1.98. The Balaban J connectivity index is 2.87. The average molecular weight is 207 g/mol. The molecule has 0 amide bonds. The first-order valence-electron chi connectivity index (χ1n) is 4.09. The van der Waals surface area contributed by atoms with Crippen molar-refractivity contribution >= 4 is 24.1 Å². The number of carboxylic acids is 2. The number of hydrogen-bond donors (Lipinski definition) is 3. The smallest absolute Gasteiger partial charge is 0.328 e. The van der Waals surface area contributed by atoms with Crippen LogP contribution in [0.15, 0.2) is 24.4 Å². The molecule has 0 aliphatic heterocycles. The first kappa shape index (κ1) is 10.8. The van der Waals surface area contributed by atoms with Crippen LogP contribution in [0.1, 0.15) is 11.3 Å². The predicted molar refractivity (Wildman–Crippen MR) is 54.1 cm³/mol. The first-order chi connectivity index (χ1) is 7.09. The van der Waals surface area contributed by atoms with Gasteiger partial charge in [0.1, 0.15) is 0 Å². The molecular formula is C10H9NO4. The van der Waals surface area contributed by atoms with Gasteiger partial charge in [0.05, 0.1) is 0 Å². The van der Waals surface area contributed by atoms with Gasteiger partial charge in [0.15, 0.2) is 0 Å². The molecule has 1 heterocycles. The van der Waals surface area contributed by atoms with Gasteiger partial charge in [-0.2, -0.15) is 0 Å². The normalized spacial score (nSPS) is 11.2. The van der Waals surface area contributed by atoms with Gasteiger partial charge in [-0.3, -0.25) is 0 Å². The van der Waals surface area contributed by atoms with E-state index in [9.17, 15) is 9.59 Å². The van der Waals surface area contributed by atoms with Crippen molar-refractivity contribution < 1.29 is 19.8 Å². The van der Waals surface area contributed by atoms with Gasteiger partial charge >= 0.3 is 11.9 Å². The van der Waals surface area contributed by atoms with Crippen molar-refractivity contribution in [1.29, 1.82) is 0 Å². The monoisotopic (exact) mass is 207 g/mol. The summed E-state index contributed by atoms with van der Waals surface area (Å²) in [7, 11) is 0. The maximum Gasteiger partial charge on any atom is 0.328 e. The number of nitrogens with one attached hydrogen (secondary N) is 1. The van der Waals surface area contributed by atoms with Crippen molar-refractivity contribution in [3.63, 3.8) is 0 Å². The molecule has 1 aromatic rings. The zero-order valence-electron chi connectivity index (χ0n) is 7.68. The van der Waals surface area contributed by atoms with E-state index in [1.807, 2.05) is 0 Å². The molecule has 0 aliphatic rings. The second kappa shape index (κ2) is 4.80. The Kier molecular flexibility index (Phi) is 3.45. The van der Waals surface area contributed by atoms with Crippen molar-refractivity contribution in [1.82, 2.24) is 4.98 Å². The molecule has 1 rings (SSSR count). The molecule has 0 aromatic carbocycles. The largest absolute Gasteiger partial charge is 0.478 e. The molecule has 0 aliphatic carbocycles. The lowest BCUT2D eigenvalue weighted by molar-refractivity contribution is -0.132. The third kappa shape index (κ3) is 3.51. The van der Waals surface area contributed by atoms with Crippen LogP contribution in [0.2, 0.25) is 0 Å². The van der Waals surface area contributed by atoms with E-state index < -0.39 is 11.9 Å². The number of hydrogen-bond acceptors (Lipinski definition) is 2. The van der Waals surface area contributed by atoms with Crippen molar-refractivity contribution in [3.05, 3.63) is 35.7 Å². The number of aromatic amines is 1. The van der Waals surface area contributed by atoms with Crippen LogP contribution in [-0.4, -0.2) is 27.1 Å². The predicted octanol–water partition coefficient (Wildman–Crippen LogP) is 1.21. The van der Waals surface area contributed by atoms with Crippen molar-refractivity contribution in [2.75, 3.05) is 0 Å². The SMILES string of the molecule is O=C(O)C=Cc1cc[nH]c1C=CC(=O)O. The molecule has 0 saturated heterocycles. The van der Waals surface area contributed by atoms with Gasteiger partial charge < -0.3 is 15.2 Å².